The summed E-state index contributed by atoms with van der Waals surface area (Å²) in [6, 6.07) is 10.9. The summed E-state index contributed by atoms with van der Waals surface area (Å²) in [5.74, 6) is 1.07. The van der Waals surface area contributed by atoms with Crippen LogP contribution in [0.25, 0.3) is 0 Å². The lowest BCUT2D eigenvalue weighted by Gasteiger charge is -2.29. The van der Waals surface area contributed by atoms with Crippen LogP contribution in [0.2, 0.25) is 0 Å². The van der Waals surface area contributed by atoms with Gasteiger partial charge in [-0.1, -0.05) is 12.1 Å². The Labute approximate surface area is 148 Å². The minimum Gasteiger partial charge on any atom is -0.506 e. The van der Waals surface area contributed by atoms with Gasteiger partial charge in [-0.2, -0.15) is 0 Å². The van der Waals surface area contributed by atoms with Crippen molar-refractivity contribution in [1.29, 1.82) is 0 Å². The van der Waals surface area contributed by atoms with Crippen LogP contribution in [0.5, 0.6) is 17.2 Å². The van der Waals surface area contributed by atoms with Gasteiger partial charge in [-0.15, -0.1) is 0 Å². The second-order valence-corrected chi connectivity index (χ2v) is 6.68. The Hall–Kier alpha value is -2.21. The third-order valence-corrected chi connectivity index (χ3v) is 4.43. The van der Waals surface area contributed by atoms with Crippen LogP contribution in [-0.2, 0) is 0 Å². The number of benzene rings is 2. The molecule has 1 N–H and O–H groups in total. The van der Waals surface area contributed by atoms with Gasteiger partial charge < -0.3 is 19.5 Å². The summed E-state index contributed by atoms with van der Waals surface area (Å²) in [6.07, 6.45) is -0.260. The number of likely N-dealkylation sites (N-methyl/N-ethyl adjacent to an activating group) is 1. The Morgan fingerprint density at radius 1 is 1.33 bits per heavy atom. The molecule has 0 spiro atoms. The van der Waals surface area contributed by atoms with Crippen LogP contribution < -0.4 is 9.47 Å². The zero-order valence-corrected chi connectivity index (χ0v) is 15.0. The highest BCUT2D eigenvalue weighted by Gasteiger charge is 2.25. The van der Waals surface area contributed by atoms with E-state index in [0.717, 1.165) is 5.56 Å². The first-order chi connectivity index (χ1) is 11.5. The first kappa shape index (κ1) is 16.6. The number of ether oxygens (including phenoxy) is 2. The number of rotatable bonds is 3. The molecule has 1 amide bonds. The molecular weight excluding hydrogens is 374 g/mol. The quantitative estimate of drug-likeness (QED) is 0.870. The Morgan fingerprint density at radius 3 is 2.79 bits per heavy atom. The molecule has 1 aliphatic heterocycles. The van der Waals surface area contributed by atoms with Gasteiger partial charge in [0.1, 0.15) is 12.4 Å². The molecule has 1 aliphatic rings. The van der Waals surface area contributed by atoms with Crippen LogP contribution >= 0.6 is 15.9 Å². The van der Waals surface area contributed by atoms with E-state index in [1.54, 1.807) is 19.2 Å². The van der Waals surface area contributed by atoms with Gasteiger partial charge in [-0.25, -0.2) is 0 Å². The molecule has 0 aliphatic carbocycles. The van der Waals surface area contributed by atoms with Gasteiger partial charge in [0.05, 0.1) is 16.6 Å². The van der Waals surface area contributed by atoms with E-state index in [9.17, 15) is 9.90 Å². The molecule has 0 saturated carbocycles. The maximum absolute atomic E-state index is 12.6. The summed E-state index contributed by atoms with van der Waals surface area (Å²) >= 11 is 3.27. The van der Waals surface area contributed by atoms with Crippen molar-refractivity contribution < 1.29 is 19.4 Å². The molecule has 24 heavy (non-hydrogen) atoms. The van der Waals surface area contributed by atoms with Crippen molar-refractivity contribution in [1.82, 2.24) is 4.90 Å². The van der Waals surface area contributed by atoms with E-state index < -0.39 is 0 Å². The molecule has 2 aromatic carbocycles. The third kappa shape index (κ3) is 3.33. The minimum absolute atomic E-state index is 0.0522. The predicted octanol–water partition coefficient (Wildman–Crippen LogP) is 3.38. The Balaban J connectivity index is 1.72. The van der Waals surface area contributed by atoms with Crippen LogP contribution in [-0.4, -0.2) is 42.2 Å². The van der Waals surface area contributed by atoms with Crippen molar-refractivity contribution in [3.63, 3.8) is 0 Å². The van der Waals surface area contributed by atoms with Gasteiger partial charge in [0.2, 0.25) is 0 Å². The number of hydrogen-bond acceptors (Lipinski definition) is 4. The molecule has 2 aromatic rings. The summed E-state index contributed by atoms with van der Waals surface area (Å²) < 4.78 is 12.0. The number of aryl methyl sites for hydroxylation is 1. The highest BCUT2D eigenvalue weighted by Crippen LogP contribution is 2.32. The SMILES string of the molecule is Cc1cc(Br)c(O)c(C(=O)N(C)CC2COc3ccccc3O2)c1. The smallest absolute Gasteiger partial charge is 0.257 e. The fraction of sp³-hybridized carbons (Fsp3) is 0.278. The summed E-state index contributed by atoms with van der Waals surface area (Å²) in [6.45, 7) is 2.60. The van der Waals surface area contributed by atoms with Crippen LogP contribution in [0.3, 0.4) is 0 Å². The van der Waals surface area contributed by atoms with Crippen molar-refractivity contribution in [3.8, 4) is 17.2 Å². The van der Waals surface area contributed by atoms with E-state index in [2.05, 4.69) is 15.9 Å². The number of phenolic OH excluding ortho intramolecular Hbond substituents is 1. The number of phenols is 1. The van der Waals surface area contributed by atoms with Crippen molar-refractivity contribution in [3.05, 3.63) is 52.0 Å². The molecular formula is C18H18BrNO4. The van der Waals surface area contributed by atoms with E-state index in [4.69, 9.17) is 9.47 Å². The maximum Gasteiger partial charge on any atom is 0.257 e. The first-order valence-electron chi connectivity index (χ1n) is 7.58. The largest absolute Gasteiger partial charge is 0.506 e. The number of fused-ring (bicyclic) bond motifs is 1. The summed E-state index contributed by atoms with van der Waals surface area (Å²) in [5, 5.41) is 10.1. The van der Waals surface area contributed by atoms with Crippen molar-refractivity contribution in [2.24, 2.45) is 0 Å². The van der Waals surface area contributed by atoms with Crippen LogP contribution in [0, 0.1) is 6.92 Å². The second kappa shape index (κ2) is 6.73. The normalized spacial score (nSPS) is 15.9. The number of amides is 1. The zero-order valence-electron chi connectivity index (χ0n) is 13.5. The number of para-hydroxylation sites is 2. The molecule has 0 radical (unpaired) electrons. The van der Waals surface area contributed by atoms with E-state index in [1.165, 1.54) is 4.90 Å². The molecule has 1 heterocycles. The Kier molecular flexibility index (Phi) is 4.66. The van der Waals surface area contributed by atoms with Crippen molar-refractivity contribution in [2.45, 2.75) is 13.0 Å². The average molecular weight is 392 g/mol. The van der Waals surface area contributed by atoms with E-state index >= 15 is 0 Å². The van der Waals surface area contributed by atoms with Gasteiger partial charge in [-0.05, 0) is 52.7 Å². The molecule has 126 valence electrons. The molecule has 0 bridgehead atoms. The predicted molar refractivity (Wildman–Crippen MR) is 93.9 cm³/mol. The number of halogens is 1. The minimum atomic E-state index is -0.264. The maximum atomic E-state index is 12.6. The molecule has 0 fully saturated rings. The lowest BCUT2D eigenvalue weighted by atomic mass is 10.1. The molecule has 3 rings (SSSR count). The standard InChI is InChI=1S/C18H18BrNO4/c1-11-7-13(17(21)14(19)8-11)18(22)20(2)9-12-10-23-15-5-3-4-6-16(15)24-12/h3-8,12,21H,9-10H2,1-2H3. The van der Waals surface area contributed by atoms with E-state index in [0.29, 0.717) is 29.1 Å². The van der Waals surface area contributed by atoms with Crippen LogP contribution in [0.15, 0.2) is 40.9 Å². The number of carbonyl (C=O) groups excluding carboxylic acids is 1. The van der Waals surface area contributed by atoms with Gasteiger partial charge in [0.15, 0.2) is 17.6 Å². The number of nitrogens with zero attached hydrogens (tertiary/aromatic N) is 1. The fourth-order valence-electron chi connectivity index (χ4n) is 2.64. The molecule has 0 aromatic heterocycles. The van der Waals surface area contributed by atoms with Crippen molar-refractivity contribution in [2.75, 3.05) is 20.2 Å². The highest BCUT2D eigenvalue weighted by molar-refractivity contribution is 9.10. The molecule has 0 saturated heterocycles. The second-order valence-electron chi connectivity index (χ2n) is 5.83. The lowest BCUT2D eigenvalue weighted by molar-refractivity contribution is 0.0519. The summed E-state index contributed by atoms with van der Waals surface area (Å²) in [7, 11) is 1.68. The molecule has 1 atom stereocenters. The topological polar surface area (TPSA) is 59.0 Å². The summed E-state index contributed by atoms with van der Waals surface area (Å²) in [4.78, 5) is 14.2. The third-order valence-electron chi connectivity index (χ3n) is 3.83. The van der Waals surface area contributed by atoms with Crippen LogP contribution in [0.4, 0.5) is 0 Å². The number of aromatic hydroxyl groups is 1. The molecule has 1 unspecified atom stereocenters. The van der Waals surface area contributed by atoms with Crippen molar-refractivity contribution >= 4 is 21.8 Å². The molecule has 6 heteroatoms. The monoisotopic (exact) mass is 391 g/mol. The summed E-state index contributed by atoms with van der Waals surface area (Å²) in [5.41, 5.74) is 1.16. The zero-order chi connectivity index (χ0) is 17.3. The first-order valence-corrected chi connectivity index (χ1v) is 8.38. The Bertz CT molecular complexity index is 778. The van der Waals surface area contributed by atoms with E-state index in [-0.39, 0.29) is 23.3 Å². The van der Waals surface area contributed by atoms with Gasteiger partial charge >= 0.3 is 0 Å². The van der Waals surface area contributed by atoms with Crippen LogP contribution in [0.1, 0.15) is 15.9 Å². The van der Waals surface area contributed by atoms with Gasteiger partial charge in [0.25, 0.3) is 5.91 Å². The molecule has 5 nitrogen and oxygen atoms in total. The lowest BCUT2D eigenvalue weighted by Crippen LogP contribution is -2.41. The van der Waals surface area contributed by atoms with Gasteiger partial charge in [0, 0.05) is 7.05 Å². The fourth-order valence-corrected chi connectivity index (χ4v) is 3.22. The Morgan fingerprint density at radius 2 is 2.04 bits per heavy atom. The highest BCUT2D eigenvalue weighted by atomic mass is 79.9. The average Bonchev–Trinajstić information content (AvgIpc) is 2.57. The van der Waals surface area contributed by atoms with E-state index in [1.807, 2.05) is 31.2 Å². The van der Waals surface area contributed by atoms with Gasteiger partial charge in [-0.3, -0.25) is 4.79 Å². The number of hydrogen-bond donors (Lipinski definition) is 1. The number of carbonyl (C=O) groups is 1.